The summed E-state index contributed by atoms with van der Waals surface area (Å²) in [6.45, 7) is 10.5. The van der Waals surface area contributed by atoms with Crippen molar-refractivity contribution < 1.29 is 18.3 Å². The van der Waals surface area contributed by atoms with Gasteiger partial charge in [0.05, 0.1) is 6.61 Å². The lowest BCUT2D eigenvalue weighted by molar-refractivity contribution is -0.142. The molecule has 0 aliphatic rings. The zero-order valence-electron chi connectivity index (χ0n) is 10.0. The first kappa shape index (κ1) is 15.3. The van der Waals surface area contributed by atoms with Crippen LogP contribution in [0.4, 0.5) is 0 Å². The Hall–Kier alpha value is -0.720. The van der Waals surface area contributed by atoms with Crippen LogP contribution in [0.25, 0.3) is 0 Å². The molecule has 0 aromatic rings. The molecule has 0 spiro atoms. The molecule has 0 saturated heterocycles. The van der Waals surface area contributed by atoms with Crippen LogP contribution in [0.1, 0.15) is 27.7 Å². The first-order chi connectivity index (χ1) is 7.16. The van der Waals surface area contributed by atoms with E-state index in [0.29, 0.717) is 5.57 Å². The number of hydrogen-bond acceptors (Lipinski definition) is 4. The maximum atomic E-state index is 11.2. The number of nitrogens with one attached hydrogen (secondary N) is 1. The van der Waals surface area contributed by atoms with E-state index in [0.717, 1.165) is 0 Å². The molecular weight excluding hydrogens is 230 g/mol. The van der Waals surface area contributed by atoms with Crippen LogP contribution >= 0.6 is 0 Å². The maximum absolute atomic E-state index is 11.2. The van der Waals surface area contributed by atoms with E-state index < -0.39 is 22.7 Å². The lowest BCUT2D eigenvalue weighted by atomic mass is 9.87. The first-order valence-electron chi connectivity index (χ1n) is 4.85. The van der Waals surface area contributed by atoms with Crippen molar-refractivity contribution in [2.24, 2.45) is 5.41 Å². The standard InChI is InChI=1S/C10H19NO4S/c1-7(2)9(12)15-6-10(4,5)8(3)11-16(13)14/h8,11H,1,6H2,2-5H3,(H,13,14)/p-1. The van der Waals surface area contributed by atoms with Gasteiger partial charge in [0.25, 0.3) is 0 Å². The highest BCUT2D eigenvalue weighted by Crippen LogP contribution is 2.21. The predicted octanol–water partition coefficient (Wildman–Crippen LogP) is 0.904. The van der Waals surface area contributed by atoms with Crippen LogP contribution in [0.15, 0.2) is 12.2 Å². The topological polar surface area (TPSA) is 78.5 Å². The van der Waals surface area contributed by atoms with Gasteiger partial charge >= 0.3 is 5.97 Å². The van der Waals surface area contributed by atoms with Gasteiger partial charge < -0.3 is 9.29 Å². The van der Waals surface area contributed by atoms with E-state index in [1.807, 2.05) is 13.8 Å². The van der Waals surface area contributed by atoms with E-state index in [2.05, 4.69) is 11.3 Å². The molecule has 2 unspecified atom stereocenters. The number of carbonyl (C=O) groups excluding carboxylic acids is 1. The van der Waals surface area contributed by atoms with Gasteiger partial charge in [-0.1, -0.05) is 20.4 Å². The third-order valence-electron chi connectivity index (χ3n) is 2.37. The SMILES string of the molecule is C=C(C)C(=O)OCC(C)(C)C(C)NS(=O)[O-]. The smallest absolute Gasteiger partial charge is 0.333 e. The third kappa shape index (κ3) is 5.39. The number of ether oxygens (including phenoxy) is 1. The maximum Gasteiger partial charge on any atom is 0.333 e. The molecule has 0 aromatic carbocycles. The molecule has 0 bridgehead atoms. The molecule has 0 heterocycles. The highest BCUT2D eigenvalue weighted by atomic mass is 32.2. The highest BCUT2D eigenvalue weighted by Gasteiger charge is 2.27. The van der Waals surface area contributed by atoms with Gasteiger partial charge in [0.15, 0.2) is 0 Å². The second-order valence-corrected chi connectivity index (χ2v) is 5.12. The summed E-state index contributed by atoms with van der Waals surface area (Å²) in [5.74, 6) is -0.469. The Labute approximate surface area is 98.7 Å². The van der Waals surface area contributed by atoms with Gasteiger partial charge in [-0.15, -0.1) is 0 Å². The van der Waals surface area contributed by atoms with Crippen LogP contribution in [0.3, 0.4) is 0 Å². The Balaban J connectivity index is 4.28. The number of esters is 1. The van der Waals surface area contributed by atoms with Gasteiger partial charge in [-0.05, 0) is 13.8 Å². The van der Waals surface area contributed by atoms with Crippen LogP contribution in [0.5, 0.6) is 0 Å². The molecule has 0 aromatic heterocycles. The molecule has 5 nitrogen and oxygen atoms in total. The van der Waals surface area contributed by atoms with Gasteiger partial charge in [0.1, 0.15) is 0 Å². The molecule has 16 heavy (non-hydrogen) atoms. The van der Waals surface area contributed by atoms with E-state index in [9.17, 15) is 13.6 Å². The quantitative estimate of drug-likeness (QED) is 0.430. The summed E-state index contributed by atoms with van der Waals surface area (Å²) >= 11 is -2.32. The van der Waals surface area contributed by atoms with Crippen LogP contribution < -0.4 is 4.72 Å². The monoisotopic (exact) mass is 248 g/mol. The second-order valence-electron chi connectivity index (χ2n) is 4.42. The second kappa shape index (κ2) is 6.12. The number of rotatable bonds is 6. The van der Waals surface area contributed by atoms with Crippen molar-refractivity contribution in [1.29, 1.82) is 0 Å². The first-order valence-corrected chi connectivity index (χ1v) is 5.92. The molecule has 0 aliphatic heterocycles. The van der Waals surface area contributed by atoms with Crippen molar-refractivity contribution in [2.75, 3.05) is 6.61 Å². The average Bonchev–Trinajstić information content (AvgIpc) is 2.12. The van der Waals surface area contributed by atoms with Crippen molar-refractivity contribution in [3.05, 3.63) is 12.2 Å². The molecule has 0 aliphatic carbocycles. The summed E-state index contributed by atoms with van der Waals surface area (Å²) in [6.07, 6.45) is 0. The fourth-order valence-corrected chi connectivity index (χ4v) is 1.41. The van der Waals surface area contributed by atoms with Crippen molar-refractivity contribution in [3.8, 4) is 0 Å². The van der Waals surface area contributed by atoms with Crippen molar-refractivity contribution >= 4 is 17.2 Å². The van der Waals surface area contributed by atoms with E-state index >= 15 is 0 Å². The van der Waals surface area contributed by atoms with Crippen LogP contribution in [0, 0.1) is 5.41 Å². The summed E-state index contributed by atoms with van der Waals surface area (Å²) in [5, 5.41) is 0. The molecule has 0 saturated carbocycles. The minimum Gasteiger partial charge on any atom is -0.760 e. The Morgan fingerprint density at radius 3 is 2.50 bits per heavy atom. The molecule has 0 rings (SSSR count). The predicted molar refractivity (Wildman–Crippen MR) is 61.1 cm³/mol. The van der Waals surface area contributed by atoms with Gasteiger partial charge in [-0.3, -0.25) is 4.21 Å². The Morgan fingerprint density at radius 1 is 1.62 bits per heavy atom. The molecule has 0 fully saturated rings. The van der Waals surface area contributed by atoms with Gasteiger partial charge in [0.2, 0.25) is 0 Å². The van der Waals surface area contributed by atoms with E-state index in [1.54, 1.807) is 13.8 Å². The van der Waals surface area contributed by atoms with E-state index in [4.69, 9.17) is 4.74 Å². The van der Waals surface area contributed by atoms with Gasteiger partial charge in [-0.2, -0.15) is 0 Å². The Morgan fingerprint density at radius 2 is 2.12 bits per heavy atom. The van der Waals surface area contributed by atoms with E-state index in [1.165, 1.54) is 0 Å². The summed E-state index contributed by atoms with van der Waals surface area (Å²) in [4.78, 5) is 11.2. The van der Waals surface area contributed by atoms with Gasteiger partial charge in [-0.25, -0.2) is 9.52 Å². The molecule has 0 radical (unpaired) electrons. The lowest BCUT2D eigenvalue weighted by Gasteiger charge is -2.32. The van der Waals surface area contributed by atoms with E-state index in [-0.39, 0.29) is 12.6 Å². The minimum absolute atomic E-state index is 0.129. The normalized spacial score (nSPS) is 15.3. The van der Waals surface area contributed by atoms with Gasteiger partial charge in [0, 0.05) is 28.3 Å². The van der Waals surface area contributed by atoms with Crippen LogP contribution in [0.2, 0.25) is 0 Å². The van der Waals surface area contributed by atoms with Crippen LogP contribution in [-0.2, 0) is 20.8 Å². The van der Waals surface area contributed by atoms with Crippen molar-refractivity contribution in [1.82, 2.24) is 4.72 Å². The minimum atomic E-state index is -2.32. The zero-order chi connectivity index (χ0) is 12.9. The molecule has 94 valence electrons. The molecule has 0 amide bonds. The fourth-order valence-electron chi connectivity index (χ4n) is 0.804. The van der Waals surface area contributed by atoms with Crippen molar-refractivity contribution in [3.63, 3.8) is 0 Å². The number of hydrogen-bond donors (Lipinski definition) is 1. The average molecular weight is 248 g/mol. The summed E-state index contributed by atoms with van der Waals surface area (Å²) in [7, 11) is 0. The lowest BCUT2D eigenvalue weighted by Crippen LogP contribution is -2.43. The van der Waals surface area contributed by atoms with Crippen LogP contribution in [-0.4, -0.2) is 27.4 Å². The summed E-state index contributed by atoms with van der Waals surface area (Å²) in [6, 6.07) is -0.330. The summed E-state index contributed by atoms with van der Waals surface area (Å²) in [5.41, 5.74) is -0.158. The molecule has 1 N–H and O–H groups in total. The summed E-state index contributed by atoms with van der Waals surface area (Å²) < 4.78 is 28.3. The Bertz CT molecular complexity index is 301. The largest absolute Gasteiger partial charge is 0.760 e. The Kier molecular flexibility index (Phi) is 5.85. The molecule has 2 atom stereocenters. The number of carbonyl (C=O) groups is 1. The van der Waals surface area contributed by atoms with Crippen molar-refractivity contribution in [2.45, 2.75) is 33.7 Å². The fraction of sp³-hybridized carbons (Fsp3) is 0.700. The molecule has 6 heteroatoms. The highest BCUT2D eigenvalue weighted by molar-refractivity contribution is 7.77. The zero-order valence-corrected chi connectivity index (χ0v) is 10.8. The molecular formula is C10H18NO4S-. The third-order valence-corrected chi connectivity index (χ3v) is 2.91.